The molecule has 94 valence electrons. The quantitative estimate of drug-likeness (QED) is 0.883. The molecule has 0 unspecified atom stereocenters. The second-order valence-corrected chi connectivity index (χ2v) is 6.67. The summed E-state index contributed by atoms with van der Waals surface area (Å²) < 4.78 is 0. The number of carboxylic acids is 1. The molecule has 2 aromatic rings. The maximum Gasteiger partial charge on any atom is 0.348 e. The van der Waals surface area contributed by atoms with Crippen LogP contribution in [0.1, 0.15) is 32.1 Å². The van der Waals surface area contributed by atoms with E-state index in [4.69, 9.17) is 10.8 Å². The summed E-state index contributed by atoms with van der Waals surface area (Å²) in [6.07, 6.45) is 3.55. The second-order valence-electron chi connectivity index (χ2n) is 4.52. The smallest absolute Gasteiger partial charge is 0.348 e. The van der Waals surface area contributed by atoms with E-state index in [0.717, 1.165) is 23.3 Å². The Labute approximate surface area is 113 Å². The van der Waals surface area contributed by atoms with E-state index >= 15 is 0 Å². The Bertz CT molecular complexity index is 618. The average Bonchev–Trinajstić information content (AvgIpc) is 2.93. The fraction of sp³-hybridized carbons (Fsp3) is 0.308. The molecule has 0 bridgehead atoms. The highest BCUT2D eigenvalue weighted by molar-refractivity contribution is 7.23. The summed E-state index contributed by atoms with van der Waals surface area (Å²) in [5, 5.41) is 9.10. The molecule has 2 heterocycles. The molecule has 2 aromatic heterocycles. The van der Waals surface area contributed by atoms with Crippen LogP contribution >= 0.6 is 22.7 Å². The van der Waals surface area contributed by atoms with Crippen molar-refractivity contribution in [2.24, 2.45) is 0 Å². The van der Waals surface area contributed by atoms with Crippen LogP contribution in [0, 0.1) is 6.92 Å². The van der Waals surface area contributed by atoms with Crippen molar-refractivity contribution in [2.75, 3.05) is 5.73 Å². The SMILES string of the molecule is Cc1c(-c2cc3c(s2)CCC3)sc(C(=O)O)c1N. The zero-order chi connectivity index (χ0) is 12.9. The van der Waals surface area contributed by atoms with Gasteiger partial charge in [-0.3, -0.25) is 0 Å². The fourth-order valence-corrected chi connectivity index (χ4v) is 4.84. The molecule has 0 spiro atoms. The predicted molar refractivity (Wildman–Crippen MR) is 75.8 cm³/mol. The van der Waals surface area contributed by atoms with Crippen LogP contribution in [0.3, 0.4) is 0 Å². The minimum Gasteiger partial charge on any atom is -0.477 e. The normalized spacial score (nSPS) is 13.8. The van der Waals surface area contributed by atoms with Crippen molar-refractivity contribution in [2.45, 2.75) is 26.2 Å². The van der Waals surface area contributed by atoms with E-state index in [9.17, 15) is 4.79 Å². The van der Waals surface area contributed by atoms with Crippen molar-refractivity contribution < 1.29 is 9.90 Å². The number of aryl methyl sites for hydroxylation is 2. The fourth-order valence-electron chi connectivity index (χ4n) is 2.36. The topological polar surface area (TPSA) is 63.3 Å². The number of anilines is 1. The molecule has 3 nitrogen and oxygen atoms in total. The molecule has 0 aliphatic heterocycles. The Balaban J connectivity index is 2.11. The number of nitrogens with two attached hydrogens (primary N) is 1. The van der Waals surface area contributed by atoms with E-state index in [-0.39, 0.29) is 4.88 Å². The minimum absolute atomic E-state index is 0.260. The van der Waals surface area contributed by atoms with Gasteiger partial charge >= 0.3 is 5.97 Å². The molecule has 0 atom stereocenters. The molecular formula is C13H13NO2S2. The van der Waals surface area contributed by atoms with Gasteiger partial charge in [-0.05, 0) is 43.4 Å². The lowest BCUT2D eigenvalue weighted by molar-refractivity contribution is 0.0703. The van der Waals surface area contributed by atoms with Crippen LogP contribution in [0.2, 0.25) is 0 Å². The highest BCUT2D eigenvalue weighted by atomic mass is 32.1. The van der Waals surface area contributed by atoms with Gasteiger partial charge in [-0.15, -0.1) is 22.7 Å². The number of aromatic carboxylic acids is 1. The maximum atomic E-state index is 11.1. The largest absolute Gasteiger partial charge is 0.477 e. The van der Waals surface area contributed by atoms with Crippen molar-refractivity contribution in [3.63, 3.8) is 0 Å². The third kappa shape index (κ3) is 1.66. The molecule has 0 saturated heterocycles. The maximum absolute atomic E-state index is 11.1. The Hall–Kier alpha value is -1.33. The first-order valence-corrected chi connectivity index (χ1v) is 7.45. The molecular weight excluding hydrogens is 266 g/mol. The third-order valence-corrected chi connectivity index (χ3v) is 6.07. The lowest BCUT2D eigenvalue weighted by Crippen LogP contribution is -1.97. The summed E-state index contributed by atoms with van der Waals surface area (Å²) in [5.74, 6) is -0.934. The van der Waals surface area contributed by atoms with Gasteiger partial charge in [0.05, 0.1) is 10.6 Å². The van der Waals surface area contributed by atoms with Crippen molar-refractivity contribution in [1.82, 2.24) is 0 Å². The average molecular weight is 279 g/mol. The monoisotopic (exact) mass is 279 g/mol. The van der Waals surface area contributed by atoms with Gasteiger partial charge in [0.25, 0.3) is 0 Å². The van der Waals surface area contributed by atoms with Gasteiger partial charge in [-0.2, -0.15) is 0 Å². The standard InChI is InChI=1S/C13H13NO2S2/c1-6-10(14)12(13(15)16)18-11(6)9-5-7-3-2-4-8(7)17-9/h5H,2-4,14H2,1H3,(H,15,16). The number of fused-ring (bicyclic) bond motifs is 1. The Morgan fingerprint density at radius 2 is 2.17 bits per heavy atom. The number of rotatable bonds is 2. The van der Waals surface area contributed by atoms with Gasteiger partial charge in [-0.25, -0.2) is 4.79 Å². The van der Waals surface area contributed by atoms with Crippen molar-refractivity contribution >= 4 is 34.3 Å². The Kier molecular flexibility index (Phi) is 2.68. The highest BCUT2D eigenvalue weighted by Gasteiger charge is 2.22. The van der Waals surface area contributed by atoms with Gasteiger partial charge in [0.15, 0.2) is 0 Å². The van der Waals surface area contributed by atoms with E-state index in [2.05, 4.69) is 6.07 Å². The van der Waals surface area contributed by atoms with Crippen LogP contribution in [-0.4, -0.2) is 11.1 Å². The molecule has 3 rings (SSSR count). The lowest BCUT2D eigenvalue weighted by atomic mass is 10.2. The predicted octanol–water partition coefficient (Wildman–Crippen LogP) is 3.55. The minimum atomic E-state index is -0.934. The molecule has 0 amide bonds. The summed E-state index contributed by atoms with van der Waals surface area (Å²) in [5.41, 5.74) is 8.61. The number of hydrogen-bond acceptors (Lipinski definition) is 4. The Morgan fingerprint density at radius 1 is 1.39 bits per heavy atom. The summed E-state index contributed by atoms with van der Waals surface area (Å²) in [6, 6.07) is 2.21. The highest BCUT2D eigenvalue weighted by Crippen LogP contribution is 2.43. The van der Waals surface area contributed by atoms with Gasteiger partial charge in [0, 0.05) is 9.75 Å². The van der Waals surface area contributed by atoms with Crippen LogP contribution in [0.25, 0.3) is 9.75 Å². The molecule has 0 aromatic carbocycles. The molecule has 1 aliphatic carbocycles. The van der Waals surface area contributed by atoms with E-state index < -0.39 is 5.97 Å². The van der Waals surface area contributed by atoms with E-state index in [1.165, 1.54) is 33.1 Å². The van der Waals surface area contributed by atoms with Crippen molar-refractivity contribution in [3.05, 3.63) is 26.9 Å². The number of carboxylic acid groups (broad SMARTS) is 1. The first kappa shape index (κ1) is 11.7. The number of nitrogen functional groups attached to an aromatic ring is 1. The van der Waals surface area contributed by atoms with Crippen LogP contribution in [0.5, 0.6) is 0 Å². The van der Waals surface area contributed by atoms with Gasteiger partial charge in [-0.1, -0.05) is 0 Å². The second kappa shape index (κ2) is 4.10. The van der Waals surface area contributed by atoms with E-state index in [1.807, 2.05) is 6.92 Å². The number of thiophene rings is 2. The van der Waals surface area contributed by atoms with Gasteiger partial charge in [0.2, 0.25) is 0 Å². The van der Waals surface area contributed by atoms with Crippen molar-refractivity contribution in [3.8, 4) is 9.75 Å². The molecule has 3 N–H and O–H groups in total. The molecule has 1 aliphatic rings. The first-order valence-electron chi connectivity index (χ1n) is 5.82. The molecule has 0 saturated carbocycles. The summed E-state index contributed by atoms with van der Waals surface area (Å²) in [6.45, 7) is 1.90. The van der Waals surface area contributed by atoms with Crippen molar-refractivity contribution in [1.29, 1.82) is 0 Å². The van der Waals surface area contributed by atoms with Crippen LogP contribution in [-0.2, 0) is 12.8 Å². The summed E-state index contributed by atoms with van der Waals surface area (Å²) in [4.78, 5) is 15.0. The molecule has 0 fully saturated rings. The third-order valence-electron chi connectivity index (χ3n) is 3.36. The summed E-state index contributed by atoms with van der Waals surface area (Å²) in [7, 11) is 0. The summed E-state index contributed by atoms with van der Waals surface area (Å²) >= 11 is 3.07. The van der Waals surface area contributed by atoms with Gasteiger partial charge in [0.1, 0.15) is 4.88 Å². The zero-order valence-electron chi connectivity index (χ0n) is 9.95. The lowest BCUT2D eigenvalue weighted by Gasteiger charge is -1.95. The Morgan fingerprint density at radius 3 is 2.78 bits per heavy atom. The molecule has 0 radical (unpaired) electrons. The zero-order valence-corrected chi connectivity index (χ0v) is 11.6. The van der Waals surface area contributed by atoms with Crippen LogP contribution in [0.15, 0.2) is 6.07 Å². The van der Waals surface area contributed by atoms with Gasteiger partial charge < -0.3 is 10.8 Å². The number of hydrogen-bond donors (Lipinski definition) is 2. The molecule has 18 heavy (non-hydrogen) atoms. The van der Waals surface area contributed by atoms with Crippen LogP contribution in [0.4, 0.5) is 5.69 Å². The number of carbonyl (C=O) groups is 1. The van der Waals surface area contributed by atoms with E-state index in [1.54, 1.807) is 11.3 Å². The first-order chi connectivity index (χ1) is 8.58. The molecule has 5 heteroatoms. The van der Waals surface area contributed by atoms with E-state index in [0.29, 0.717) is 5.69 Å². The van der Waals surface area contributed by atoms with Crippen LogP contribution < -0.4 is 5.73 Å².